The van der Waals surface area contributed by atoms with Gasteiger partial charge in [0.1, 0.15) is 5.54 Å². The van der Waals surface area contributed by atoms with Crippen molar-refractivity contribution in [3.63, 3.8) is 0 Å². The van der Waals surface area contributed by atoms with E-state index < -0.39 is 5.54 Å². The first-order chi connectivity index (χ1) is 6.24. The Morgan fingerprint density at radius 3 is 1.62 bits per heavy atom. The molecule has 0 amide bonds. The normalized spacial score (nSPS) is 8.69. The van der Waals surface area contributed by atoms with Gasteiger partial charge in [-0.3, -0.25) is 0 Å². The van der Waals surface area contributed by atoms with Crippen molar-refractivity contribution in [1.29, 1.82) is 15.8 Å². The first-order valence-electron chi connectivity index (χ1n) is 3.59. The van der Waals surface area contributed by atoms with Crippen molar-refractivity contribution in [2.75, 3.05) is 0 Å². The molecule has 64 valence electrons. The summed E-state index contributed by atoms with van der Waals surface area (Å²) in [6, 6.07) is 5.70. The molecule has 0 atom stereocenters. The van der Waals surface area contributed by atoms with Crippen molar-refractivity contribution >= 4 is 5.87 Å². The molecule has 0 aliphatic heterocycles. The van der Waals surface area contributed by atoms with Crippen LogP contribution in [0.25, 0.3) is 0 Å². The molecule has 0 spiro atoms. The fourth-order valence-corrected chi connectivity index (χ4v) is 0.915. The van der Waals surface area contributed by atoms with Gasteiger partial charge in [-0.15, -0.1) is 0 Å². The van der Waals surface area contributed by atoms with Crippen LogP contribution in [-0.4, -0.2) is 11.4 Å². The monoisotopic (exact) mass is 172 g/mol. The second-order valence-corrected chi connectivity index (χ2v) is 2.50. The molecular formula is C9H8N4. The molecule has 0 saturated heterocycles. The van der Waals surface area contributed by atoms with Crippen LogP contribution in [0.1, 0.15) is 19.3 Å². The van der Waals surface area contributed by atoms with E-state index in [1.165, 1.54) is 0 Å². The first-order valence-corrected chi connectivity index (χ1v) is 3.59. The van der Waals surface area contributed by atoms with Gasteiger partial charge in [0.2, 0.25) is 0 Å². The topological polar surface area (TPSA) is 83.7 Å². The molecule has 0 bridgehead atoms. The Morgan fingerprint density at radius 2 is 1.38 bits per heavy atom. The molecule has 0 N–H and O–H groups in total. The minimum Gasteiger partial charge on any atom is -0.234 e. The molecule has 0 heterocycles. The second kappa shape index (κ2) is 5.56. The van der Waals surface area contributed by atoms with E-state index in [1.807, 2.05) is 18.2 Å². The van der Waals surface area contributed by atoms with Gasteiger partial charge in [-0.05, 0) is 12.4 Å². The van der Waals surface area contributed by atoms with Gasteiger partial charge in [-0.1, -0.05) is 0 Å². The van der Waals surface area contributed by atoms with Crippen LogP contribution in [0.5, 0.6) is 0 Å². The van der Waals surface area contributed by atoms with Crippen LogP contribution in [0.3, 0.4) is 0 Å². The average Bonchev–Trinajstić information content (AvgIpc) is 2.06. The van der Waals surface area contributed by atoms with Gasteiger partial charge in [0.05, 0.1) is 37.5 Å². The van der Waals surface area contributed by atoms with E-state index in [1.54, 1.807) is 0 Å². The van der Waals surface area contributed by atoms with Crippen molar-refractivity contribution < 1.29 is 0 Å². The molecule has 4 nitrogen and oxygen atoms in total. The number of hydrogen-bond donors (Lipinski definition) is 0. The summed E-state index contributed by atoms with van der Waals surface area (Å²) in [6.07, 6.45) is 0.115. The lowest BCUT2D eigenvalue weighted by Gasteiger charge is -2.18. The van der Waals surface area contributed by atoms with Crippen molar-refractivity contribution in [2.24, 2.45) is 4.99 Å². The molecule has 0 aromatic heterocycles. The molecule has 0 aromatic rings. The molecule has 0 saturated carbocycles. The Morgan fingerprint density at radius 1 is 1.00 bits per heavy atom. The van der Waals surface area contributed by atoms with Gasteiger partial charge in [0.25, 0.3) is 0 Å². The van der Waals surface area contributed by atoms with E-state index in [2.05, 4.69) is 17.4 Å². The molecule has 0 radical (unpaired) electrons. The fraction of sp³-hybridized carbons (Fsp3) is 0.444. The zero-order valence-corrected chi connectivity index (χ0v) is 7.12. The Bertz CT molecular complexity index is 289. The van der Waals surface area contributed by atoms with E-state index in [4.69, 9.17) is 15.8 Å². The van der Waals surface area contributed by atoms with Crippen LogP contribution in [-0.2, 0) is 0 Å². The van der Waals surface area contributed by atoms with Crippen LogP contribution in [0.2, 0.25) is 0 Å². The highest BCUT2D eigenvalue weighted by Crippen LogP contribution is 2.23. The molecule has 0 aliphatic carbocycles. The number of hydrogen-bond acceptors (Lipinski definition) is 4. The maximum absolute atomic E-state index is 8.50. The van der Waals surface area contributed by atoms with Gasteiger partial charge in [-0.25, -0.2) is 4.99 Å². The predicted octanol–water partition coefficient (Wildman–Crippen LogP) is 1.32. The lowest BCUT2D eigenvalue weighted by molar-refractivity contribution is 0.459. The van der Waals surface area contributed by atoms with E-state index in [9.17, 15) is 0 Å². The van der Waals surface area contributed by atoms with Crippen LogP contribution in [0.15, 0.2) is 11.6 Å². The quantitative estimate of drug-likeness (QED) is 0.599. The van der Waals surface area contributed by atoms with Crippen LogP contribution in [0, 0.1) is 34.0 Å². The summed E-state index contributed by atoms with van der Waals surface area (Å²) in [5, 5.41) is 25.5. The van der Waals surface area contributed by atoms with E-state index >= 15 is 0 Å². The van der Waals surface area contributed by atoms with E-state index in [0.29, 0.717) is 0 Å². The highest BCUT2D eigenvalue weighted by molar-refractivity contribution is 5.48. The largest absolute Gasteiger partial charge is 0.234 e. The average molecular weight is 172 g/mol. The number of nitriles is 3. The molecule has 0 rings (SSSR count). The molecule has 0 fully saturated rings. The van der Waals surface area contributed by atoms with Crippen LogP contribution >= 0.6 is 0 Å². The minimum absolute atomic E-state index is 0.0383. The minimum atomic E-state index is -0.931. The zero-order valence-electron chi connectivity index (χ0n) is 7.12. The summed E-state index contributed by atoms with van der Waals surface area (Å²) in [4.78, 5) is 3.80. The summed E-state index contributed by atoms with van der Waals surface area (Å²) >= 11 is 0. The van der Waals surface area contributed by atoms with Gasteiger partial charge >= 0.3 is 0 Å². The summed E-state index contributed by atoms with van der Waals surface area (Å²) in [5.41, 5.74) is -0.931. The van der Waals surface area contributed by atoms with Crippen molar-refractivity contribution in [1.82, 2.24) is 0 Å². The van der Waals surface area contributed by atoms with E-state index in [0.717, 1.165) is 0 Å². The highest BCUT2D eigenvalue weighted by Gasteiger charge is 2.28. The molecule has 0 aliphatic rings. The first kappa shape index (κ1) is 10.9. The summed E-state index contributed by atoms with van der Waals surface area (Å²) in [7, 11) is 0. The molecule has 4 heteroatoms. The number of nitrogens with zero attached hydrogens (tertiary/aromatic N) is 4. The maximum Gasteiger partial charge on any atom is 0.109 e. The summed E-state index contributed by atoms with van der Waals surface area (Å²) < 4.78 is 0. The molecule has 13 heavy (non-hydrogen) atoms. The maximum atomic E-state index is 8.50. The third-order valence-corrected chi connectivity index (χ3v) is 1.54. The van der Waals surface area contributed by atoms with Gasteiger partial charge in [0, 0.05) is 0 Å². The standard InChI is InChI=1S/C9H8N4/c1-2-13-9(3-6-10,4-7-11)5-8-12/h1,3-5H2. The number of aliphatic imine (C=N–C) groups is 1. The molecular weight excluding hydrogens is 164 g/mol. The Kier molecular flexibility index (Phi) is 4.67. The predicted molar refractivity (Wildman–Crippen MR) is 46.5 cm³/mol. The fourth-order valence-electron chi connectivity index (χ4n) is 0.915. The highest BCUT2D eigenvalue weighted by atomic mass is 14.8. The van der Waals surface area contributed by atoms with Crippen LogP contribution in [0.4, 0.5) is 0 Å². The Hall–Kier alpha value is -2.08. The lowest BCUT2D eigenvalue weighted by Crippen LogP contribution is -2.24. The summed E-state index contributed by atoms with van der Waals surface area (Å²) in [6.45, 7) is 3.27. The Balaban J connectivity index is 4.85. The van der Waals surface area contributed by atoms with Crippen molar-refractivity contribution in [3.05, 3.63) is 6.58 Å². The van der Waals surface area contributed by atoms with Crippen molar-refractivity contribution in [2.45, 2.75) is 24.8 Å². The molecule has 0 unspecified atom stereocenters. The van der Waals surface area contributed by atoms with Crippen molar-refractivity contribution in [3.8, 4) is 18.2 Å². The summed E-state index contributed by atoms with van der Waals surface area (Å²) in [5.74, 6) is 2.28. The smallest absolute Gasteiger partial charge is 0.109 e. The SMILES string of the molecule is C=C=NC(CC#N)(CC#N)CC#N. The second-order valence-electron chi connectivity index (χ2n) is 2.50. The Labute approximate surface area is 77.0 Å². The molecule has 0 aromatic carbocycles. The van der Waals surface area contributed by atoms with Gasteiger partial charge in [-0.2, -0.15) is 15.8 Å². The van der Waals surface area contributed by atoms with Gasteiger partial charge < -0.3 is 0 Å². The third kappa shape index (κ3) is 3.21. The zero-order chi connectivity index (χ0) is 10.2. The van der Waals surface area contributed by atoms with E-state index in [-0.39, 0.29) is 19.3 Å². The number of rotatable bonds is 4. The van der Waals surface area contributed by atoms with Gasteiger partial charge in [0.15, 0.2) is 0 Å². The van der Waals surface area contributed by atoms with Crippen LogP contribution < -0.4 is 0 Å². The lowest BCUT2D eigenvalue weighted by atomic mass is 9.90. The third-order valence-electron chi connectivity index (χ3n) is 1.54.